The van der Waals surface area contributed by atoms with Gasteiger partial charge in [0.05, 0.1) is 13.2 Å². The first-order valence-electron chi connectivity index (χ1n) is 10.2. The number of rotatable bonds is 7. The fourth-order valence-corrected chi connectivity index (χ4v) is 5.44. The summed E-state index contributed by atoms with van der Waals surface area (Å²) in [6.45, 7) is 5.67. The number of piperidine rings is 1. The third kappa shape index (κ3) is 5.03. The monoisotopic (exact) mass is 460 g/mol. The number of aryl methyl sites for hydroxylation is 1. The lowest BCUT2D eigenvalue weighted by atomic mass is 9.97. The minimum Gasteiger partial charge on any atom is -0.462 e. The van der Waals surface area contributed by atoms with Crippen LogP contribution >= 0.6 is 22.7 Å². The van der Waals surface area contributed by atoms with Crippen LogP contribution in [-0.4, -0.2) is 53.2 Å². The molecule has 1 aliphatic rings. The number of nitrogens with one attached hydrogen (secondary N) is 1. The molecule has 0 aliphatic carbocycles. The van der Waals surface area contributed by atoms with Gasteiger partial charge in [-0.05, 0) is 51.2 Å². The van der Waals surface area contributed by atoms with Gasteiger partial charge in [-0.2, -0.15) is 4.98 Å². The van der Waals surface area contributed by atoms with Gasteiger partial charge < -0.3 is 14.6 Å². The van der Waals surface area contributed by atoms with E-state index in [9.17, 15) is 9.59 Å². The molecule has 0 atom stereocenters. The summed E-state index contributed by atoms with van der Waals surface area (Å²) in [5.41, 5.74) is 1.22. The molecule has 0 unspecified atom stereocenters. The lowest BCUT2D eigenvalue weighted by Crippen LogP contribution is -2.38. The van der Waals surface area contributed by atoms with Gasteiger partial charge in [0.25, 0.3) is 0 Å². The number of thiophene rings is 2. The SMILES string of the molecule is CCOC(=O)c1c(-c2cccs2)csc1NC(=O)CN1CCC(c2nc(C)no2)CC1. The molecular weight excluding hydrogens is 436 g/mol. The van der Waals surface area contributed by atoms with Crippen LogP contribution in [0.3, 0.4) is 0 Å². The fraction of sp³-hybridized carbons (Fsp3) is 0.429. The van der Waals surface area contributed by atoms with Crippen LogP contribution in [0.25, 0.3) is 10.4 Å². The van der Waals surface area contributed by atoms with E-state index in [0.29, 0.717) is 22.3 Å². The summed E-state index contributed by atoms with van der Waals surface area (Å²) >= 11 is 2.89. The highest BCUT2D eigenvalue weighted by Gasteiger charge is 2.27. The normalized spacial score (nSPS) is 15.2. The average molecular weight is 461 g/mol. The molecule has 0 radical (unpaired) electrons. The molecule has 164 valence electrons. The zero-order chi connectivity index (χ0) is 21.8. The number of carbonyl (C=O) groups excluding carboxylic acids is 2. The van der Waals surface area contributed by atoms with Crippen molar-refractivity contribution < 1.29 is 18.8 Å². The van der Waals surface area contributed by atoms with Crippen molar-refractivity contribution in [1.82, 2.24) is 15.0 Å². The molecule has 31 heavy (non-hydrogen) atoms. The molecule has 8 nitrogen and oxygen atoms in total. The molecule has 3 aromatic rings. The van der Waals surface area contributed by atoms with Gasteiger partial charge in [-0.15, -0.1) is 22.7 Å². The third-order valence-electron chi connectivity index (χ3n) is 5.16. The van der Waals surface area contributed by atoms with E-state index in [1.807, 2.05) is 29.8 Å². The summed E-state index contributed by atoms with van der Waals surface area (Å²) in [6, 6.07) is 3.89. The van der Waals surface area contributed by atoms with E-state index in [1.54, 1.807) is 18.3 Å². The molecule has 1 amide bonds. The number of ether oxygens (including phenoxy) is 1. The second-order valence-electron chi connectivity index (χ2n) is 7.33. The first-order chi connectivity index (χ1) is 15.0. The first kappa shape index (κ1) is 21.7. The Morgan fingerprint density at radius 3 is 2.77 bits per heavy atom. The van der Waals surface area contributed by atoms with Crippen molar-refractivity contribution in [1.29, 1.82) is 0 Å². The van der Waals surface area contributed by atoms with Crippen molar-refractivity contribution in [2.45, 2.75) is 32.6 Å². The van der Waals surface area contributed by atoms with Gasteiger partial charge in [-0.25, -0.2) is 4.79 Å². The maximum absolute atomic E-state index is 12.7. The number of aromatic nitrogens is 2. The first-order valence-corrected chi connectivity index (χ1v) is 12.0. The Balaban J connectivity index is 1.39. The number of nitrogens with zero attached hydrogens (tertiary/aromatic N) is 3. The van der Waals surface area contributed by atoms with Crippen LogP contribution in [0.2, 0.25) is 0 Å². The van der Waals surface area contributed by atoms with E-state index in [2.05, 4.69) is 20.4 Å². The summed E-state index contributed by atoms with van der Waals surface area (Å²) in [5, 5.41) is 11.2. The van der Waals surface area contributed by atoms with Crippen LogP contribution in [0.1, 0.15) is 47.8 Å². The third-order valence-corrected chi connectivity index (χ3v) is 6.96. The van der Waals surface area contributed by atoms with Gasteiger partial charge in [-0.1, -0.05) is 11.2 Å². The molecule has 4 heterocycles. The van der Waals surface area contributed by atoms with E-state index in [-0.39, 0.29) is 25.0 Å². The average Bonchev–Trinajstić information content (AvgIpc) is 3.49. The summed E-state index contributed by atoms with van der Waals surface area (Å²) in [4.78, 5) is 32.7. The summed E-state index contributed by atoms with van der Waals surface area (Å²) < 4.78 is 10.5. The quantitative estimate of drug-likeness (QED) is 0.529. The topological polar surface area (TPSA) is 97.6 Å². The molecule has 1 fully saturated rings. The van der Waals surface area contributed by atoms with Crippen LogP contribution in [0.15, 0.2) is 27.4 Å². The molecule has 1 aliphatic heterocycles. The van der Waals surface area contributed by atoms with Crippen LogP contribution in [0.4, 0.5) is 5.00 Å². The minimum atomic E-state index is -0.418. The van der Waals surface area contributed by atoms with Gasteiger partial charge in [0, 0.05) is 21.7 Å². The van der Waals surface area contributed by atoms with Crippen LogP contribution in [0, 0.1) is 6.92 Å². The number of esters is 1. The van der Waals surface area contributed by atoms with Gasteiger partial charge in [0.15, 0.2) is 5.82 Å². The highest BCUT2D eigenvalue weighted by atomic mass is 32.1. The second kappa shape index (κ2) is 9.71. The Morgan fingerprint density at radius 1 is 1.32 bits per heavy atom. The van der Waals surface area contributed by atoms with E-state index >= 15 is 0 Å². The maximum Gasteiger partial charge on any atom is 0.341 e. The lowest BCUT2D eigenvalue weighted by Gasteiger charge is -2.29. The lowest BCUT2D eigenvalue weighted by molar-refractivity contribution is -0.117. The Kier molecular flexibility index (Phi) is 6.79. The molecule has 4 rings (SSSR count). The molecule has 10 heteroatoms. The molecule has 1 N–H and O–H groups in total. The standard InChI is InChI=1S/C21H24N4O4S2/c1-3-28-21(27)18-15(16-5-4-10-30-16)12-31-20(18)23-17(26)11-25-8-6-14(7-9-25)19-22-13(2)24-29-19/h4-5,10,12,14H,3,6-9,11H2,1-2H3,(H,23,26). The molecule has 3 aromatic heterocycles. The largest absolute Gasteiger partial charge is 0.462 e. The minimum absolute atomic E-state index is 0.141. The van der Waals surface area contributed by atoms with Crippen molar-refractivity contribution in [3.8, 4) is 10.4 Å². The molecular formula is C21H24N4O4S2. The zero-order valence-corrected chi connectivity index (χ0v) is 19.1. The number of anilines is 1. The molecule has 0 saturated carbocycles. The highest BCUT2D eigenvalue weighted by Crippen LogP contribution is 2.38. The van der Waals surface area contributed by atoms with Crippen LogP contribution < -0.4 is 5.32 Å². The van der Waals surface area contributed by atoms with Crippen molar-refractivity contribution in [3.63, 3.8) is 0 Å². The molecule has 0 bridgehead atoms. The van der Waals surface area contributed by atoms with E-state index < -0.39 is 5.97 Å². The maximum atomic E-state index is 12.7. The zero-order valence-electron chi connectivity index (χ0n) is 17.4. The Labute approximate surface area is 188 Å². The summed E-state index contributed by atoms with van der Waals surface area (Å²) in [6.07, 6.45) is 1.73. The van der Waals surface area contributed by atoms with E-state index in [4.69, 9.17) is 9.26 Å². The number of hydrogen-bond acceptors (Lipinski definition) is 9. The van der Waals surface area contributed by atoms with Crippen molar-refractivity contribution >= 4 is 39.6 Å². The smallest absolute Gasteiger partial charge is 0.341 e. The highest BCUT2D eigenvalue weighted by molar-refractivity contribution is 7.17. The number of likely N-dealkylation sites (tertiary alicyclic amines) is 1. The second-order valence-corrected chi connectivity index (χ2v) is 9.16. The predicted molar refractivity (Wildman–Crippen MR) is 120 cm³/mol. The van der Waals surface area contributed by atoms with Crippen LogP contribution in [0.5, 0.6) is 0 Å². The summed E-state index contributed by atoms with van der Waals surface area (Å²) in [5.74, 6) is 1.00. The Bertz CT molecular complexity index is 1040. The molecule has 1 saturated heterocycles. The van der Waals surface area contributed by atoms with Gasteiger partial charge in [0.1, 0.15) is 10.6 Å². The van der Waals surface area contributed by atoms with Crippen molar-refractivity contribution in [2.24, 2.45) is 0 Å². The molecule has 0 aromatic carbocycles. The molecule has 0 spiro atoms. The number of carbonyl (C=O) groups is 2. The van der Waals surface area contributed by atoms with Crippen molar-refractivity contribution in [2.75, 3.05) is 31.6 Å². The number of amides is 1. The summed E-state index contributed by atoms with van der Waals surface area (Å²) in [7, 11) is 0. The Morgan fingerprint density at radius 2 is 2.13 bits per heavy atom. The van der Waals surface area contributed by atoms with E-state index in [1.165, 1.54) is 11.3 Å². The Hall–Kier alpha value is -2.56. The van der Waals surface area contributed by atoms with Gasteiger partial charge in [0.2, 0.25) is 11.8 Å². The van der Waals surface area contributed by atoms with Gasteiger partial charge >= 0.3 is 5.97 Å². The fourth-order valence-electron chi connectivity index (χ4n) is 3.66. The van der Waals surface area contributed by atoms with Crippen LogP contribution in [-0.2, 0) is 9.53 Å². The number of hydrogen-bond donors (Lipinski definition) is 1. The van der Waals surface area contributed by atoms with Crippen molar-refractivity contribution in [3.05, 3.63) is 40.2 Å². The van der Waals surface area contributed by atoms with E-state index in [0.717, 1.165) is 36.4 Å². The predicted octanol–water partition coefficient (Wildman–Crippen LogP) is 4.16. The van der Waals surface area contributed by atoms with Gasteiger partial charge in [-0.3, -0.25) is 9.69 Å².